The second-order valence-electron chi connectivity index (χ2n) is 3.89. The van der Waals surface area contributed by atoms with Gasteiger partial charge in [-0.2, -0.15) is 0 Å². The van der Waals surface area contributed by atoms with E-state index in [4.69, 9.17) is 0 Å². The maximum Gasteiger partial charge on any atom is 0.328 e. The van der Waals surface area contributed by atoms with Crippen molar-refractivity contribution in [3.8, 4) is 0 Å². The number of esters is 1. The summed E-state index contributed by atoms with van der Waals surface area (Å²) in [4.78, 5) is 23.1. The molecule has 16 heavy (non-hydrogen) atoms. The van der Waals surface area contributed by atoms with Gasteiger partial charge in [0.05, 0.1) is 13.0 Å². The van der Waals surface area contributed by atoms with E-state index in [0.717, 1.165) is 0 Å². The van der Waals surface area contributed by atoms with Crippen LogP contribution in [-0.2, 0) is 14.3 Å². The summed E-state index contributed by atoms with van der Waals surface area (Å²) in [6.07, 6.45) is 6.95. The van der Waals surface area contributed by atoms with Crippen molar-refractivity contribution in [2.24, 2.45) is 5.92 Å². The van der Waals surface area contributed by atoms with E-state index in [0.29, 0.717) is 5.92 Å². The smallest absolute Gasteiger partial charge is 0.328 e. The van der Waals surface area contributed by atoms with Gasteiger partial charge in [-0.3, -0.25) is 4.79 Å². The summed E-state index contributed by atoms with van der Waals surface area (Å²) in [5.74, 6) is -0.134. The van der Waals surface area contributed by atoms with E-state index >= 15 is 0 Å². The molecular weight excluding hydrogens is 206 g/mol. The standard InChI is InChI=1S/C12H16NO3/c1-8(2)10(12(15)16-3)13-11(14)9-6-4-5-7-9/h4-8,10H,1-3H3,(H,13,14)/t10-/m1/s1. The molecule has 0 unspecified atom stereocenters. The average Bonchev–Trinajstić information content (AvgIpc) is 2.77. The van der Waals surface area contributed by atoms with E-state index in [2.05, 4.69) is 10.1 Å². The van der Waals surface area contributed by atoms with E-state index in [1.54, 1.807) is 25.7 Å². The fourth-order valence-electron chi connectivity index (χ4n) is 1.37. The Bertz CT molecular complexity index is 257. The number of carbonyl (C=O) groups excluding carboxylic acids is 2. The Labute approximate surface area is 96.7 Å². The molecule has 0 spiro atoms. The van der Waals surface area contributed by atoms with E-state index in [1.165, 1.54) is 7.11 Å². The van der Waals surface area contributed by atoms with E-state index < -0.39 is 12.0 Å². The predicted octanol–water partition coefficient (Wildman–Crippen LogP) is 0.705. The SMILES string of the molecule is COC(=O)[C@H](NC(=O)[C]1[CH][CH][CH][CH]1)C(C)C. The highest BCUT2D eigenvalue weighted by Crippen LogP contribution is 2.23. The fraction of sp³-hybridized carbons (Fsp3) is 0.417. The fourth-order valence-corrected chi connectivity index (χ4v) is 1.37. The minimum atomic E-state index is -0.604. The van der Waals surface area contributed by atoms with Gasteiger partial charge in [0.1, 0.15) is 6.04 Å². The molecule has 4 heteroatoms. The Balaban J connectivity index is 2.53. The lowest BCUT2D eigenvalue weighted by Gasteiger charge is -2.21. The number of rotatable bonds is 4. The molecule has 0 saturated heterocycles. The maximum absolute atomic E-state index is 11.7. The van der Waals surface area contributed by atoms with Crippen molar-refractivity contribution in [2.75, 3.05) is 7.11 Å². The molecular formula is C12H16NO3. The third-order valence-corrected chi connectivity index (χ3v) is 2.33. The highest BCUT2D eigenvalue weighted by Gasteiger charge is 2.30. The number of amides is 1. The molecule has 1 aliphatic carbocycles. The second-order valence-corrected chi connectivity index (χ2v) is 3.89. The highest BCUT2D eigenvalue weighted by molar-refractivity contribution is 5.98. The Kier molecular flexibility index (Phi) is 4.77. The summed E-state index contributed by atoms with van der Waals surface area (Å²) >= 11 is 0. The maximum atomic E-state index is 11.7. The highest BCUT2D eigenvalue weighted by atomic mass is 16.5. The number of carbonyl (C=O) groups is 2. The third kappa shape index (κ3) is 3.22. The predicted molar refractivity (Wildman–Crippen MR) is 59.2 cm³/mol. The van der Waals surface area contributed by atoms with Crippen LogP contribution in [0.1, 0.15) is 13.8 Å². The van der Waals surface area contributed by atoms with Gasteiger partial charge in [0.25, 0.3) is 0 Å². The molecule has 87 valence electrons. The van der Waals surface area contributed by atoms with Crippen molar-refractivity contribution in [1.82, 2.24) is 5.32 Å². The van der Waals surface area contributed by atoms with E-state index in [-0.39, 0.29) is 11.8 Å². The molecule has 0 aliphatic heterocycles. The van der Waals surface area contributed by atoms with Gasteiger partial charge >= 0.3 is 5.97 Å². The van der Waals surface area contributed by atoms with Gasteiger partial charge in [-0.05, 0) is 31.6 Å². The molecule has 1 atom stereocenters. The number of ether oxygens (including phenoxy) is 1. The molecule has 1 fully saturated rings. The van der Waals surface area contributed by atoms with Crippen LogP contribution in [0, 0.1) is 37.5 Å². The lowest BCUT2D eigenvalue weighted by atomic mass is 10.0. The van der Waals surface area contributed by atoms with Gasteiger partial charge in [-0.15, -0.1) is 0 Å². The molecule has 0 aromatic heterocycles. The minimum absolute atomic E-state index is 0.00800. The van der Waals surface area contributed by atoms with Gasteiger partial charge in [0, 0.05) is 0 Å². The van der Waals surface area contributed by atoms with Crippen molar-refractivity contribution < 1.29 is 14.3 Å². The first-order chi connectivity index (χ1) is 7.56. The van der Waals surface area contributed by atoms with Gasteiger partial charge in [-0.25, -0.2) is 4.79 Å². The first-order valence-electron chi connectivity index (χ1n) is 5.16. The Morgan fingerprint density at radius 1 is 1.25 bits per heavy atom. The first kappa shape index (κ1) is 13.0. The van der Waals surface area contributed by atoms with Crippen LogP contribution < -0.4 is 5.32 Å². The quantitative estimate of drug-likeness (QED) is 0.712. The molecule has 0 heterocycles. The van der Waals surface area contributed by atoms with Gasteiger partial charge in [0.15, 0.2) is 0 Å². The van der Waals surface area contributed by atoms with Crippen molar-refractivity contribution in [2.45, 2.75) is 19.9 Å². The van der Waals surface area contributed by atoms with Crippen LogP contribution in [0.15, 0.2) is 0 Å². The summed E-state index contributed by atoms with van der Waals surface area (Å²) in [5.41, 5.74) is 0. The normalized spacial score (nSPS) is 18.5. The molecule has 0 bridgehead atoms. The molecule has 1 N–H and O–H groups in total. The molecule has 1 amide bonds. The largest absolute Gasteiger partial charge is 0.467 e. The molecule has 1 rings (SSSR count). The lowest BCUT2D eigenvalue weighted by molar-refractivity contribution is -0.146. The van der Waals surface area contributed by atoms with E-state index in [9.17, 15) is 9.59 Å². The first-order valence-corrected chi connectivity index (χ1v) is 5.16. The Morgan fingerprint density at radius 3 is 2.25 bits per heavy atom. The molecule has 5 radical (unpaired) electrons. The van der Waals surface area contributed by atoms with Crippen LogP contribution in [0.3, 0.4) is 0 Å². The summed E-state index contributed by atoms with van der Waals surface area (Å²) in [5, 5.41) is 2.66. The third-order valence-electron chi connectivity index (χ3n) is 2.33. The van der Waals surface area contributed by atoms with Gasteiger partial charge in [-0.1, -0.05) is 13.8 Å². The number of nitrogens with one attached hydrogen (secondary N) is 1. The van der Waals surface area contributed by atoms with Crippen LogP contribution in [0.5, 0.6) is 0 Å². The molecule has 4 nitrogen and oxygen atoms in total. The molecule has 1 saturated carbocycles. The summed E-state index contributed by atoms with van der Waals surface area (Å²) in [7, 11) is 1.31. The van der Waals surface area contributed by atoms with Crippen LogP contribution in [0.25, 0.3) is 0 Å². The summed E-state index contributed by atoms with van der Waals surface area (Å²) in [6, 6.07) is -0.604. The molecule has 0 aromatic carbocycles. The number of hydrogen-bond donors (Lipinski definition) is 1. The zero-order valence-corrected chi connectivity index (χ0v) is 9.69. The Hall–Kier alpha value is -1.06. The van der Waals surface area contributed by atoms with Gasteiger partial charge in [0.2, 0.25) is 5.91 Å². The zero-order chi connectivity index (χ0) is 12.1. The van der Waals surface area contributed by atoms with Gasteiger partial charge < -0.3 is 10.1 Å². The second kappa shape index (κ2) is 5.87. The monoisotopic (exact) mass is 222 g/mol. The average molecular weight is 222 g/mol. The summed E-state index contributed by atoms with van der Waals surface area (Å²) in [6.45, 7) is 3.71. The molecule has 0 aromatic rings. The van der Waals surface area contributed by atoms with Crippen LogP contribution in [0.4, 0.5) is 0 Å². The Morgan fingerprint density at radius 2 is 1.81 bits per heavy atom. The van der Waals surface area contributed by atoms with Crippen LogP contribution >= 0.6 is 0 Å². The van der Waals surface area contributed by atoms with Crippen molar-refractivity contribution in [1.29, 1.82) is 0 Å². The van der Waals surface area contributed by atoms with Crippen molar-refractivity contribution in [3.05, 3.63) is 31.6 Å². The number of methoxy groups -OCH3 is 1. The summed E-state index contributed by atoms with van der Waals surface area (Å²) < 4.78 is 4.64. The van der Waals surface area contributed by atoms with Crippen molar-refractivity contribution in [3.63, 3.8) is 0 Å². The lowest BCUT2D eigenvalue weighted by Crippen LogP contribution is -2.46. The van der Waals surface area contributed by atoms with Crippen molar-refractivity contribution >= 4 is 11.9 Å². The van der Waals surface area contributed by atoms with E-state index in [1.807, 2.05) is 13.8 Å². The minimum Gasteiger partial charge on any atom is -0.467 e. The van der Waals surface area contributed by atoms with Crippen LogP contribution in [-0.4, -0.2) is 25.0 Å². The number of hydrogen-bond acceptors (Lipinski definition) is 3. The molecule has 1 aliphatic rings. The topological polar surface area (TPSA) is 55.4 Å². The van der Waals surface area contributed by atoms with Crippen LogP contribution in [0.2, 0.25) is 0 Å². The zero-order valence-electron chi connectivity index (χ0n) is 9.69.